The molecule has 0 bridgehead atoms. The Morgan fingerprint density at radius 1 is 0.957 bits per heavy atom. The second-order valence-electron chi connectivity index (χ2n) is 6.91. The molecular formula is C17H28N2O4. The average Bonchev–Trinajstić information content (AvgIpc) is 2.94. The summed E-state index contributed by atoms with van der Waals surface area (Å²) in [6, 6.07) is -0.964. The predicted octanol–water partition coefficient (Wildman–Crippen LogP) is 1.83. The smallest absolute Gasteiger partial charge is 0.308 e. The number of carboxylic acid groups (broad SMARTS) is 1. The molecule has 2 aliphatic rings. The van der Waals surface area contributed by atoms with Gasteiger partial charge in [0, 0.05) is 12.0 Å². The van der Waals surface area contributed by atoms with Gasteiger partial charge in [0.1, 0.15) is 6.04 Å². The summed E-state index contributed by atoms with van der Waals surface area (Å²) in [6.07, 6.45) is 8.03. The van der Waals surface area contributed by atoms with E-state index in [1.807, 2.05) is 0 Å². The van der Waals surface area contributed by atoms with Crippen molar-refractivity contribution in [1.82, 2.24) is 10.6 Å². The Bertz CT molecular complexity index is 446. The molecule has 3 atom stereocenters. The second-order valence-corrected chi connectivity index (χ2v) is 6.91. The minimum atomic E-state index is -0.847. The van der Waals surface area contributed by atoms with Crippen molar-refractivity contribution >= 4 is 17.8 Å². The van der Waals surface area contributed by atoms with Crippen molar-refractivity contribution in [1.29, 1.82) is 0 Å². The number of carbonyl (C=O) groups is 3. The molecule has 0 aliphatic heterocycles. The standard InChI is InChI=1S/C17H28N2O4/c1-11(18-16(21)12-7-5-6-8-12)15(20)19-14-10-4-2-3-9-13(14)17(22)23/h11-14H,2-10H2,1H3,(H,18,21)(H,19,20)(H,22,23)/t11?,13-,14+/m1/s1. The summed E-state index contributed by atoms with van der Waals surface area (Å²) in [4.78, 5) is 35.8. The number of aliphatic carboxylic acids is 1. The highest BCUT2D eigenvalue weighted by atomic mass is 16.4. The number of amides is 2. The van der Waals surface area contributed by atoms with Gasteiger partial charge in [-0.3, -0.25) is 14.4 Å². The predicted molar refractivity (Wildman–Crippen MR) is 85.7 cm³/mol. The Morgan fingerprint density at radius 2 is 1.57 bits per heavy atom. The van der Waals surface area contributed by atoms with Crippen LogP contribution in [0.1, 0.15) is 64.7 Å². The maximum atomic E-state index is 12.3. The van der Waals surface area contributed by atoms with E-state index in [-0.39, 0.29) is 23.8 Å². The molecule has 2 aliphatic carbocycles. The van der Waals surface area contributed by atoms with Crippen LogP contribution in [0.2, 0.25) is 0 Å². The summed E-state index contributed by atoms with van der Waals surface area (Å²) >= 11 is 0. The molecule has 2 rings (SSSR count). The molecule has 0 radical (unpaired) electrons. The van der Waals surface area contributed by atoms with Gasteiger partial charge in [-0.1, -0.05) is 32.1 Å². The third-order valence-electron chi connectivity index (χ3n) is 5.14. The van der Waals surface area contributed by atoms with Gasteiger partial charge in [-0.2, -0.15) is 0 Å². The van der Waals surface area contributed by atoms with E-state index in [1.54, 1.807) is 6.92 Å². The lowest BCUT2D eigenvalue weighted by molar-refractivity contribution is -0.143. The van der Waals surface area contributed by atoms with E-state index < -0.39 is 17.9 Å². The topological polar surface area (TPSA) is 95.5 Å². The number of nitrogens with one attached hydrogen (secondary N) is 2. The Morgan fingerprint density at radius 3 is 2.22 bits per heavy atom. The van der Waals surface area contributed by atoms with Crippen LogP contribution in [-0.2, 0) is 14.4 Å². The molecule has 3 N–H and O–H groups in total. The van der Waals surface area contributed by atoms with Crippen LogP contribution >= 0.6 is 0 Å². The third kappa shape index (κ3) is 4.94. The van der Waals surface area contributed by atoms with Crippen molar-refractivity contribution in [3.8, 4) is 0 Å². The highest BCUT2D eigenvalue weighted by molar-refractivity contribution is 5.88. The molecule has 0 spiro atoms. The number of hydrogen-bond donors (Lipinski definition) is 3. The SMILES string of the molecule is CC(NC(=O)C1CCCC1)C(=O)N[C@H]1CCCCC[C@H]1C(=O)O. The summed E-state index contributed by atoms with van der Waals surface area (Å²) in [7, 11) is 0. The lowest BCUT2D eigenvalue weighted by Crippen LogP contribution is -2.51. The minimum absolute atomic E-state index is 0.0231. The van der Waals surface area contributed by atoms with E-state index in [1.165, 1.54) is 0 Å². The maximum Gasteiger partial charge on any atom is 0.308 e. The fourth-order valence-electron chi connectivity index (χ4n) is 3.67. The molecular weight excluding hydrogens is 296 g/mol. The van der Waals surface area contributed by atoms with Crippen molar-refractivity contribution in [2.45, 2.75) is 76.8 Å². The molecule has 2 amide bonds. The second kappa shape index (κ2) is 8.31. The summed E-state index contributed by atoms with van der Waals surface area (Å²) in [5, 5.41) is 15.0. The van der Waals surface area contributed by atoms with Crippen LogP contribution < -0.4 is 10.6 Å². The fraction of sp³-hybridized carbons (Fsp3) is 0.824. The Balaban J connectivity index is 1.87. The van der Waals surface area contributed by atoms with E-state index in [0.717, 1.165) is 44.9 Å². The molecule has 0 aromatic rings. The van der Waals surface area contributed by atoms with Gasteiger partial charge in [0.25, 0.3) is 0 Å². The average molecular weight is 324 g/mol. The van der Waals surface area contributed by atoms with Gasteiger partial charge < -0.3 is 15.7 Å². The van der Waals surface area contributed by atoms with Gasteiger partial charge in [0.2, 0.25) is 11.8 Å². The molecule has 6 nitrogen and oxygen atoms in total. The van der Waals surface area contributed by atoms with E-state index in [0.29, 0.717) is 12.8 Å². The lowest BCUT2D eigenvalue weighted by Gasteiger charge is -2.25. The van der Waals surface area contributed by atoms with E-state index in [9.17, 15) is 19.5 Å². The molecule has 23 heavy (non-hydrogen) atoms. The van der Waals surface area contributed by atoms with Gasteiger partial charge in [-0.15, -0.1) is 0 Å². The van der Waals surface area contributed by atoms with Crippen molar-refractivity contribution in [2.75, 3.05) is 0 Å². The van der Waals surface area contributed by atoms with Gasteiger partial charge in [-0.05, 0) is 32.6 Å². The van der Waals surface area contributed by atoms with E-state index in [2.05, 4.69) is 10.6 Å². The largest absolute Gasteiger partial charge is 0.481 e. The zero-order chi connectivity index (χ0) is 16.8. The summed E-state index contributed by atoms with van der Waals surface area (Å²) < 4.78 is 0. The van der Waals surface area contributed by atoms with Crippen LogP contribution in [0.15, 0.2) is 0 Å². The Labute approximate surface area is 137 Å². The van der Waals surface area contributed by atoms with Crippen LogP contribution in [0.4, 0.5) is 0 Å². The molecule has 6 heteroatoms. The number of carbonyl (C=O) groups excluding carboxylic acids is 2. The number of carboxylic acids is 1. The first kappa shape index (κ1) is 17.8. The lowest BCUT2D eigenvalue weighted by atomic mass is 9.94. The van der Waals surface area contributed by atoms with E-state index in [4.69, 9.17) is 0 Å². The summed E-state index contributed by atoms with van der Waals surface area (Å²) in [6.45, 7) is 1.66. The zero-order valence-electron chi connectivity index (χ0n) is 13.8. The van der Waals surface area contributed by atoms with Crippen LogP contribution in [0.3, 0.4) is 0 Å². The Hall–Kier alpha value is -1.59. The van der Waals surface area contributed by atoms with Crippen molar-refractivity contribution in [2.24, 2.45) is 11.8 Å². The van der Waals surface area contributed by atoms with Gasteiger partial charge in [0.05, 0.1) is 5.92 Å². The highest BCUT2D eigenvalue weighted by Crippen LogP contribution is 2.25. The quantitative estimate of drug-likeness (QED) is 0.672. The number of rotatable bonds is 5. The maximum absolute atomic E-state index is 12.3. The molecule has 2 saturated carbocycles. The highest BCUT2D eigenvalue weighted by Gasteiger charge is 2.32. The molecule has 130 valence electrons. The molecule has 2 fully saturated rings. The van der Waals surface area contributed by atoms with Crippen LogP contribution in [0.25, 0.3) is 0 Å². The third-order valence-corrected chi connectivity index (χ3v) is 5.14. The first-order valence-electron chi connectivity index (χ1n) is 8.82. The molecule has 0 saturated heterocycles. The summed E-state index contributed by atoms with van der Waals surface area (Å²) in [5.41, 5.74) is 0. The molecule has 0 aromatic carbocycles. The monoisotopic (exact) mass is 324 g/mol. The van der Waals surface area contributed by atoms with Crippen molar-refractivity contribution in [3.63, 3.8) is 0 Å². The first-order chi connectivity index (χ1) is 11.0. The molecule has 0 heterocycles. The molecule has 1 unspecified atom stereocenters. The first-order valence-corrected chi connectivity index (χ1v) is 8.82. The fourth-order valence-corrected chi connectivity index (χ4v) is 3.67. The van der Waals surface area contributed by atoms with Crippen molar-refractivity contribution < 1.29 is 19.5 Å². The van der Waals surface area contributed by atoms with Crippen molar-refractivity contribution in [3.05, 3.63) is 0 Å². The van der Waals surface area contributed by atoms with Crippen LogP contribution in [-0.4, -0.2) is 35.0 Å². The minimum Gasteiger partial charge on any atom is -0.481 e. The van der Waals surface area contributed by atoms with Crippen LogP contribution in [0, 0.1) is 11.8 Å². The normalized spacial score (nSPS) is 27.0. The van der Waals surface area contributed by atoms with Crippen LogP contribution in [0.5, 0.6) is 0 Å². The Kier molecular flexibility index (Phi) is 6.42. The van der Waals surface area contributed by atoms with Gasteiger partial charge in [0.15, 0.2) is 0 Å². The van der Waals surface area contributed by atoms with Gasteiger partial charge >= 0.3 is 5.97 Å². The number of hydrogen-bond acceptors (Lipinski definition) is 3. The zero-order valence-corrected chi connectivity index (χ0v) is 13.8. The molecule has 0 aromatic heterocycles. The van der Waals surface area contributed by atoms with E-state index >= 15 is 0 Å². The summed E-state index contributed by atoms with van der Waals surface area (Å²) in [5.74, 6) is -1.69. The van der Waals surface area contributed by atoms with Gasteiger partial charge in [-0.25, -0.2) is 0 Å².